The van der Waals surface area contributed by atoms with E-state index < -0.39 is 0 Å². The van der Waals surface area contributed by atoms with Gasteiger partial charge in [0.25, 0.3) is 0 Å². The maximum atomic E-state index is 12.0. The molecule has 0 spiro atoms. The first-order chi connectivity index (χ1) is 10.3. The van der Waals surface area contributed by atoms with Gasteiger partial charge in [-0.25, -0.2) is 0 Å². The number of carbonyl (C=O) groups excluding carboxylic acids is 1. The molecule has 1 saturated carbocycles. The van der Waals surface area contributed by atoms with Gasteiger partial charge in [-0.15, -0.1) is 0 Å². The number of hydrogen-bond acceptors (Lipinski definition) is 3. The summed E-state index contributed by atoms with van der Waals surface area (Å²) in [5.41, 5.74) is 1.17. The number of rotatable bonds is 4. The molecule has 2 heterocycles. The van der Waals surface area contributed by atoms with Crippen LogP contribution >= 0.6 is 0 Å². The predicted octanol–water partition coefficient (Wildman–Crippen LogP) is 3.36. The lowest BCUT2D eigenvalue weighted by molar-refractivity contribution is -0.119. The first kappa shape index (κ1) is 14.6. The van der Waals surface area contributed by atoms with Gasteiger partial charge in [-0.1, -0.05) is 19.3 Å². The quantitative estimate of drug-likeness (QED) is 0.894. The third-order valence-corrected chi connectivity index (χ3v) is 4.60. The molecule has 5 nitrogen and oxygen atoms in total. The van der Waals surface area contributed by atoms with Crippen molar-refractivity contribution in [1.82, 2.24) is 10.2 Å². The number of nitrogens with zero attached hydrogens (tertiary/aromatic N) is 1. The molecule has 2 fully saturated rings. The lowest BCUT2D eigenvalue weighted by atomic mass is 9.87. The largest absolute Gasteiger partial charge is 0.378 e. The Morgan fingerprint density at radius 3 is 2.81 bits per heavy atom. The Morgan fingerprint density at radius 1 is 1.24 bits per heavy atom. The molecule has 0 aromatic carbocycles. The summed E-state index contributed by atoms with van der Waals surface area (Å²) in [6, 6.07) is 2.00. The van der Waals surface area contributed by atoms with Crippen LogP contribution in [0.25, 0.3) is 0 Å². The van der Waals surface area contributed by atoms with E-state index in [1.54, 1.807) is 0 Å². The monoisotopic (exact) mass is 291 g/mol. The molecule has 2 aliphatic rings. The van der Waals surface area contributed by atoms with Gasteiger partial charge in [-0.05, 0) is 32.1 Å². The van der Waals surface area contributed by atoms with Gasteiger partial charge >= 0.3 is 0 Å². The predicted molar refractivity (Wildman–Crippen MR) is 81.3 cm³/mol. The highest BCUT2D eigenvalue weighted by Crippen LogP contribution is 2.32. The fourth-order valence-electron chi connectivity index (χ4n) is 3.39. The van der Waals surface area contributed by atoms with Crippen LogP contribution in [0.5, 0.6) is 0 Å². The number of aromatic nitrogens is 2. The van der Waals surface area contributed by atoms with Crippen LogP contribution in [-0.2, 0) is 9.53 Å². The molecule has 0 unspecified atom stereocenters. The van der Waals surface area contributed by atoms with E-state index in [-0.39, 0.29) is 12.0 Å². The number of ether oxygens (including phenoxy) is 1. The number of hydrogen-bond donors (Lipinski definition) is 2. The summed E-state index contributed by atoms with van der Waals surface area (Å²) in [6.07, 6.45) is 10.2. The topological polar surface area (TPSA) is 67.0 Å². The van der Waals surface area contributed by atoms with Crippen molar-refractivity contribution in [3.63, 3.8) is 0 Å². The van der Waals surface area contributed by atoms with Gasteiger partial charge in [0, 0.05) is 24.3 Å². The zero-order chi connectivity index (χ0) is 14.5. The third-order valence-electron chi connectivity index (χ3n) is 4.60. The van der Waals surface area contributed by atoms with Crippen molar-refractivity contribution in [3.8, 4) is 0 Å². The second-order valence-corrected chi connectivity index (χ2v) is 6.28. The highest BCUT2D eigenvalue weighted by molar-refractivity contribution is 5.90. The van der Waals surface area contributed by atoms with E-state index >= 15 is 0 Å². The van der Waals surface area contributed by atoms with Crippen molar-refractivity contribution in [3.05, 3.63) is 11.8 Å². The summed E-state index contributed by atoms with van der Waals surface area (Å²) in [6.45, 7) is 0.784. The molecule has 1 atom stereocenters. The van der Waals surface area contributed by atoms with Crippen LogP contribution in [0.3, 0.4) is 0 Å². The highest BCUT2D eigenvalue weighted by atomic mass is 16.5. The standard InChI is InChI=1S/C16H25N3O2/c20-16(10-13-8-4-5-9-21-13)17-15-11-14(18-19-15)12-6-2-1-3-7-12/h11-13H,1-10H2,(H2,17,18,19,20)/t13-/m1/s1. The van der Waals surface area contributed by atoms with Gasteiger partial charge in [-0.2, -0.15) is 5.10 Å². The number of carbonyl (C=O) groups is 1. The molecule has 5 heteroatoms. The van der Waals surface area contributed by atoms with Crippen LogP contribution in [0, 0.1) is 0 Å². The first-order valence-corrected chi connectivity index (χ1v) is 8.28. The molecule has 21 heavy (non-hydrogen) atoms. The van der Waals surface area contributed by atoms with Crippen molar-refractivity contribution in [2.24, 2.45) is 0 Å². The minimum atomic E-state index is 0.00333. The summed E-state index contributed by atoms with van der Waals surface area (Å²) < 4.78 is 5.60. The number of nitrogens with one attached hydrogen (secondary N) is 2. The normalized spacial score (nSPS) is 23.9. The number of aromatic amines is 1. The van der Waals surface area contributed by atoms with Gasteiger partial charge in [0.05, 0.1) is 12.5 Å². The molecule has 116 valence electrons. The lowest BCUT2D eigenvalue weighted by Gasteiger charge is -2.21. The second kappa shape index (κ2) is 7.07. The number of H-pyrrole nitrogens is 1. The van der Waals surface area contributed by atoms with E-state index in [1.165, 1.54) is 37.8 Å². The van der Waals surface area contributed by atoms with E-state index in [1.807, 2.05) is 6.07 Å². The summed E-state index contributed by atoms with van der Waals surface area (Å²) >= 11 is 0. The molecule has 0 bridgehead atoms. The van der Waals surface area contributed by atoms with E-state index in [0.29, 0.717) is 18.2 Å². The lowest BCUT2D eigenvalue weighted by Crippen LogP contribution is -2.25. The van der Waals surface area contributed by atoms with E-state index in [4.69, 9.17) is 4.74 Å². The Labute approximate surface area is 125 Å². The Hall–Kier alpha value is -1.36. The Balaban J connectivity index is 1.50. The van der Waals surface area contributed by atoms with Gasteiger partial charge in [-0.3, -0.25) is 9.89 Å². The minimum absolute atomic E-state index is 0.00333. The van der Waals surface area contributed by atoms with Gasteiger partial charge in [0.15, 0.2) is 5.82 Å². The summed E-state index contributed by atoms with van der Waals surface area (Å²) in [5.74, 6) is 1.23. The molecule has 1 aliphatic heterocycles. The van der Waals surface area contributed by atoms with Gasteiger partial charge in [0.2, 0.25) is 5.91 Å². The Bertz CT molecular complexity index is 460. The van der Waals surface area contributed by atoms with E-state index in [2.05, 4.69) is 15.5 Å². The molecule has 1 aromatic heterocycles. The average Bonchev–Trinajstić information content (AvgIpc) is 2.97. The van der Waals surface area contributed by atoms with Crippen LogP contribution in [0.4, 0.5) is 5.82 Å². The second-order valence-electron chi connectivity index (χ2n) is 6.28. The SMILES string of the molecule is O=C(C[C@H]1CCCCO1)Nc1cc(C2CCCCC2)[nH]n1. The molecular formula is C16H25N3O2. The maximum absolute atomic E-state index is 12.0. The third kappa shape index (κ3) is 4.06. The maximum Gasteiger partial charge on any atom is 0.228 e. The highest BCUT2D eigenvalue weighted by Gasteiger charge is 2.20. The number of anilines is 1. The molecule has 2 N–H and O–H groups in total. The molecular weight excluding hydrogens is 266 g/mol. The zero-order valence-corrected chi connectivity index (χ0v) is 12.6. The minimum Gasteiger partial charge on any atom is -0.378 e. The first-order valence-electron chi connectivity index (χ1n) is 8.28. The van der Waals surface area contributed by atoms with Crippen molar-refractivity contribution in [2.75, 3.05) is 11.9 Å². The van der Waals surface area contributed by atoms with Crippen LogP contribution < -0.4 is 5.32 Å². The zero-order valence-electron chi connectivity index (χ0n) is 12.6. The van der Waals surface area contributed by atoms with Crippen molar-refractivity contribution < 1.29 is 9.53 Å². The van der Waals surface area contributed by atoms with Crippen molar-refractivity contribution >= 4 is 11.7 Å². The van der Waals surface area contributed by atoms with Crippen molar-refractivity contribution in [1.29, 1.82) is 0 Å². The Morgan fingerprint density at radius 2 is 2.05 bits per heavy atom. The van der Waals surface area contributed by atoms with Crippen LogP contribution in [0.15, 0.2) is 6.07 Å². The summed E-state index contributed by atoms with van der Waals surface area (Å²) in [4.78, 5) is 12.0. The summed E-state index contributed by atoms with van der Waals surface area (Å²) in [5, 5.41) is 10.2. The van der Waals surface area contributed by atoms with Crippen LogP contribution in [-0.4, -0.2) is 28.8 Å². The molecule has 3 rings (SSSR count). The van der Waals surface area contributed by atoms with Crippen molar-refractivity contribution in [2.45, 2.75) is 69.8 Å². The summed E-state index contributed by atoms with van der Waals surface area (Å²) in [7, 11) is 0. The van der Waals surface area contributed by atoms with Crippen LogP contribution in [0.1, 0.15) is 69.4 Å². The Kier molecular flexibility index (Phi) is 4.91. The molecule has 1 aromatic rings. The molecule has 1 saturated heterocycles. The fourth-order valence-corrected chi connectivity index (χ4v) is 3.39. The smallest absolute Gasteiger partial charge is 0.228 e. The van der Waals surface area contributed by atoms with E-state index in [9.17, 15) is 4.79 Å². The molecule has 1 aliphatic carbocycles. The van der Waals surface area contributed by atoms with Gasteiger partial charge in [0.1, 0.15) is 0 Å². The van der Waals surface area contributed by atoms with Crippen LogP contribution in [0.2, 0.25) is 0 Å². The van der Waals surface area contributed by atoms with E-state index in [0.717, 1.165) is 25.9 Å². The number of amides is 1. The molecule has 0 radical (unpaired) electrons. The fraction of sp³-hybridized carbons (Fsp3) is 0.750. The average molecular weight is 291 g/mol. The molecule has 1 amide bonds. The van der Waals surface area contributed by atoms with Gasteiger partial charge < -0.3 is 10.1 Å².